The summed E-state index contributed by atoms with van der Waals surface area (Å²) in [6, 6.07) is 8.18. The molecule has 0 atom stereocenters. The quantitative estimate of drug-likeness (QED) is 0.877. The van der Waals surface area contributed by atoms with E-state index in [1.807, 2.05) is 0 Å². The van der Waals surface area contributed by atoms with Crippen molar-refractivity contribution in [2.24, 2.45) is 5.73 Å². The maximum absolute atomic E-state index is 13.5. The van der Waals surface area contributed by atoms with Gasteiger partial charge < -0.3 is 10.5 Å². The topological polar surface area (TPSA) is 61.0 Å². The fourth-order valence-corrected chi connectivity index (χ4v) is 1.45. The van der Waals surface area contributed by atoms with Crippen LogP contribution in [-0.2, 0) is 6.54 Å². The highest BCUT2D eigenvalue weighted by molar-refractivity contribution is 5.59. The minimum atomic E-state index is -0.422. The highest BCUT2D eigenvalue weighted by atomic mass is 19.1. The maximum Gasteiger partial charge on any atom is 0.165 e. The zero-order chi connectivity index (χ0) is 12.3. The molecule has 88 valence electrons. The Labute approximate surface area is 98.2 Å². The molecule has 2 rings (SSSR count). The summed E-state index contributed by atoms with van der Waals surface area (Å²) in [6.45, 7) is 0.338. The van der Waals surface area contributed by atoms with Crippen LogP contribution in [0.2, 0.25) is 0 Å². The van der Waals surface area contributed by atoms with Gasteiger partial charge in [0, 0.05) is 12.1 Å². The lowest BCUT2D eigenvalue weighted by atomic mass is 10.1. The van der Waals surface area contributed by atoms with Crippen LogP contribution in [0.5, 0.6) is 5.75 Å². The van der Waals surface area contributed by atoms with Gasteiger partial charge in [0.15, 0.2) is 11.6 Å². The molecule has 2 aromatic rings. The average Bonchev–Trinajstić information content (AvgIpc) is 2.39. The molecule has 0 spiro atoms. The monoisotopic (exact) mass is 233 g/mol. The minimum Gasteiger partial charge on any atom is -0.494 e. The summed E-state index contributed by atoms with van der Waals surface area (Å²) < 4.78 is 18.3. The second kappa shape index (κ2) is 4.88. The number of rotatable bonds is 3. The molecule has 0 fully saturated rings. The second-order valence-electron chi connectivity index (χ2n) is 3.46. The zero-order valence-electron chi connectivity index (χ0n) is 9.35. The van der Waals surface area contributed by atoms with Crippen molar-refractivity contribution in [2.75, 3.05) is 7.11 Å². The van der Waals surface area contributed by atoms with Crippen LogP contribution in [-0.4, -0.2) is 17.3 Å². The molecule has 1 aromatic heterocycles. The summed E-state index contributed by atoms with van der Waals surface area (Å²) in [6.07, 6.45) is 0. The van der Waals surface area contributed by atoms with E-state index in [1.54, 1.807) is 24.3 Å². The third-order valence-corrected chi connectivity index (χ3v) is 2.38. The van der Waals surface area contributed by atoms with Crippen molar-refractivity contribution in [3.63, 3.8) is 0 Å². The summed E-state index contributed by atoms with van der Waals surface area (Å²) in [4.78, 5) is 0. The Kier molecular flexibility index (Phi) is 3.30. The van der Waals surface area contributed by atoms with Gasteiger partial charge in [-0.1, -0.05) is 0 Å². The molecule has 1 heterocycles. The van der Waals surface area contributed by atoms with Crippen LogP contribution in [0.1, 0.15) is 5.69 Å². The SMILES string of the molecule is COc1ccc(-c2ccc(CN)nn2)cc1F. The van der Waals surface area contributed by atoms with Crippen LogP contribution in [0.15, 0.2) is 30.3 Å². The number of halogens is 1. The van der Waals surface area contributed by atoms with Gasteiger partial charge in [-0.05, 0) is 30.3 Å². The van der Waals surface area contributed by atoms with Gasteiger partial charge in [0.1, 0.15) is 0 Å². The average molecular weight is 233 g/mol. The van der Waals surface area contributed by atoms with E-state index in [0.717, 1.165) is 0 Å². The van der Waals surface area contributed by atoms with E-state index >= 15 is 0 Å². The van der Waals surface area contributed by atoms with Crippen LogP contribution >= 0.6 is 0 Å². The molecular weight excluding hydrogens is 221 g/mol. The third kappa shape index (κ3) is 2.39. The number of aromatic nitrogens is 2. The van der Waals surface area contributed by atoms with Crippen LogP contribution in [0.4, 0.5) is 4.39 Å². The Morgan fingerprint density at radius 3 is 2.59 bits per heavy atom. The van der Waals surface area contributed by atoms with Gasteiger partial charge in [-0.15, -0.1) is 0 Å². The molecule has 4 nitrogen and oxygen atoms in total. The lowest BCUT2D eigenvalue weighted by Gasteiger charge is -2.04. The van der Waals surface area contributed by atoms with E-state index in [1.165, 1.54) is 13.2 Å². The number of hydrogen-bond donors (Lipinski definition) is 1. The van der Waals surface area contributed by atoms with Crippen molar-refractivity contribution in [3.05, 3.63) is 41.8 Å². The van der Waals surface area contributed by atoms with Crippen molar-refractivity contribution in [1.82, 2.24) is 10.2 Å². The van der Waals surface area contributed by atoms with Crippen molar-refractivity contribution >= 4 is 0 Å². The molecule has 0 saturated carbocycles. The lowest BCUT2D eigenvalue weighted by Crippen LogP contribution is -2.01. The fraction of sp³-hybridized carbons (Fsp3) is 0.167. The predicted octanol–water partition coefficient (Wildman–Crippen LogP) is 1.75. The van der Waals surface area contributed by atoms with Gasteiger partial charge in [-0.3, -0.25) is 0 Å². The molecule has 1 aromatic carbocycles. The van der Waals surface area contributed by atoms with Gasteiger partial charge in [-0.2, -0.15) is 10.2 Å². The molecule has 0 amide bonds. The number of nitrogens with two attached hydrogens (primary N) is 1. The van der Waals surface area contributed by atoms with Crippen molar-refractivity contribution in [2.45, 2.75) is 6.54 Å². The molecule has 2 N–H and O–H groups in total. The van der Waals surface area contributed by atoms with E-state index in [0.29, 0.717) is 23.5 Å². The fourth-order valence-electron chi connectivity index (χ4n) is 1.45. The van der Waals surface area contributed by atoms with E-state index in [9.17, 15) is 4.39 Å². The van der Waals surface area contributed by atoms with Gasteiger partial charge in [0.2, 0.25) is 0 Å². The Balaban J connectivity index is 2.35. The van der Waals surface area contributed by atoms with Crippen molar-refractivity contribution in [3.8, 4) is 17.0 Å². The maximum atomic E-state index is 13.5. The first-order valence-corrected chi connectivity index (χ1v) is 5.11. The predicted molar refractivity (Wildman–Crippen MR) is 61.9 cm³/mol. The van der Waals surface area contributed by atoms with Gasteiger partial charge >= 0.3 is 0 Å². The normalized spacial score (nSPS) is 10.3. The first kappa shape index (κ1) is 11.5. The van der Waals surface area contributed by atoms with Gasteiger partial charge in [-0.25, -0.2) is 4.39 Å². The summed E-state index contributed by atoms with van der Waals surface area (Å²) in [5, 5.41) is 7.90. The molecule has 0 aliphatic carbocycles. The van der Waals surface area contributed by atoms with Crippen LogP contribution < -0.4 is 10.5 Å². The molecule has 17 heavy (non-hydrogen) atoms. The summed E-state index contributed by atoms with van der Waals surface area (Å²) in [7, 11) is 1.42. The summed E-state index contributed by atoms with van der Waals surface area (Å²) in [5.74, 6) is -0.213. The molecule has 0 bridgehead atoms. The lowest BCUT2D eigenvalue weighted by molar-refractivity contribution is 0.386. The Hall–Kier alpha value is -2.01. The number of benzene rings is 1. The highest BCUT2D eigenvalue weighted by Crippen LogP contribution is 2.23. The Morgan fingerprint density at radius 1 is 1.24 bits per heavy atom. The molecule has 0 aliphatic heterocycles. The van der Waals surface area contributed by atoms with Crippen LogP contribution in [0, 0.1) is 5.82 Å². The van der Waals surface area contributed by atoms with Gasteiger partial charge in [0.05, 0.1) is 18.5 Å². The smallest absolute Gasteiger partial charge is 0.165 e. The summed E-state index contributed by atoms with van der Waals surface area (Å²) >= 11 is 0. The number of methoxy groups -OCH3 is 1. The molecular formula is C12H12FN3O. The first-order chi connectivity index (χ1) is 8.24. The van der Waals surface area contributed by atoms with Gasteiger partial charge in [0.25, 0.3) is 0 Å². The number of nitrogens with zero attached hydrogens (tertiary/aromatic N) is 2. The van der Waals surface area contributed by atoms with E-state index in [-0.39, 0.29) is 5.75 Å². The molecule has 0 aliphatic rings. The molecule has 0 saturated heterocycles. The molecule has 0 unspecified atom stereocenters. The van der Waals surface area contributed by atoms with Crippen molar-refractivity contribution < 1.29 is 9.13 Å². The largest absolute Gasteiger partial charge is 0.494 e. The Morgan fingerprint density at radius 2 is 2.06 bits per heavy atom. The van der Waals surface area contributed by atoms with Crippen molar-refractivity contribution in [1.29, 1.82) is 0 Å². The number of hydrogen-bond acceptors (Lipinski definition) is 4. The summed E-state index contributed by atoms with van der Waals surface area (Å²) in [5.41, 5.74) is 7.37. The minimum absolute atomic E-state index is 0.209. The highest BCUT2D eigenvalue weighted by Gasteiger charge is 2.06. The number of ether oxygens (including phenoxy) is 1. The van der Waals surface area contributed by atoms with E-state index < -0.39 is 5.82 Å². The van der Waals surface area contributed by atoms with E-state index in [2.05, 4.69) is 10.2 Å². The molecule has 0 radical (unpaired) electrons. The first-order valence-electron chi connectivity index (χ1n) is 5.11. The standard InChI is InChI=1S/C12H12FN3O/c1-17-12-5-2-8(6-10(12)13)11-4-3-9(7-14)15-16-11/h2-6H,7,14H2,1H3. The zero-order valence-corrected chi connectivity index (χ0v) is 9.35. The molecule has 5 heteroatoms. The Bertz CT molecular complexity index is 514. The third-order valence-electron chi connectivity index (χ3n) is 2.38. The van der Waals surface area contributed by atoms with Crippen LogP contribution in [0.3, 0.4) is 0 Å². The second-order valence-corrected chi connectivity index (χ2v) is 3.46. The van der Waals surface area contributed by atoms with Crippen LogP contribution in [0.25, 0.3) is 11.3 Å². The van der Waals surface area contributed by atoms with E-state index in [4.69, 9.17) is 10.5 Å².